The monoisotopic (exact) mass is 599 g/mol. The number of halogens is 1. The molecular weight excluding hydrogens is 562 g/mol. The molecule has 0 aliphatic heterocycles. The Balaban J connectivity index is 2.10. The summed E-state index contributed by atoms with van der Waals surface area (Å²) in [5, 5.41) is 3.09. The summed E-state index contributed by atoms with van der Waals surface area (Å²) in [6.45, 7) is 7.65. The third kappa shape index (κ3) is 7.80. The summed E-state index contributed by atoms with van der Waals surface area (Å²) >= 11 is 6.38. The van der Waals surface area contributed by atoms with Crippen LogP contribution in [0, 0.1) is 13.8 Å². The van der Waals surface area contributed by atoms with Crippen LogP contribution in [0.4, 0.5) is 5.69 Å². The molecule has 3 aromatic rings. The molecule has 41 heavy (non-hydrogen) atoms. The van der Waals surface area contributed by atoms with E-state index in [1.54, 1.807) is 24.3 Å². The number of carbonyl (C=O) groups is 2. The van der Waals surface area contributed by atoms with Gasteiger partial charge in [0, 0.05) is 13.1 Å². The van der Waals surface area contributed by atoms with Crippen LogP contribution in [0.5, 0.6) is 5.75 Å². The second kappa shape index (κ2) is 14.4. The fourth-order valence-corrected chi connectivity index (χ4v) is 6.09. The summed E-state index contributed by atoms with van der Waals surface area (Å²) < 4.78 is 34.3. The standard InChI is InChI=1S/C31H38ClN3O5S/c1-6-18-33-31(37)28(7-2)34(20-24-11-9-8-10-23(24)4)30(36)21-35(25-14-17-29(40-5)27(32)19-25)41(38,39)26-15-12-22(3)13-16-26/h8-17,19,28H,6-7,18,20-21H2,1-5H3,(H,33,37). The number of rotatable bonds is 13. The van der Waals surface area contributed by atoms with Crippen LogP contribution in [0.2, 0.25) is 5.02 Å². The van der Waals surface area contributed by atoms with Crippen molar-refractivity contribution < 1.29 is 22.7 Å². The van der Waals surface area contributed by atoms with Crippen molar-refractivity contribution in [2.75, 3.05) is 24.5 Å². The van der Waals surface area contributed by atoms with E-state index in [1.807, 2.05) is 52.0 Å². The number of sulfonamides is 1. The Bertz CT molecular complexity index is 1460. The molecule has 1 unspecified atom stereocenters. The number of methoxy groups -OCH3 is 1. The number of aryl methyl sites for hydroxylation is 2. The lowest BCUT2D eigenvalue weighted by molar-refractivity contribution is -0.140. The number of anilines is 1. The highest BCUT2D eigenvalue weighted by Crippen LogP contribution is 2.32. The van der Waals surface area contributed by atoms with Gasteiger partial charge in [0.15, 0.2) is 0 Å². The first kappa shape index (κ1) is 32.0. The van der Waals surface area contributed by atoms with Gasteiger partial charge in [0.2, 0.25) is 11.8 Å². The van der Waals surface area contributed by atoms with E-state index in [2.05, 4.69) is 5.32 Å². The van der Waals surface area contributed by atoms with Gasteiger partial charge in [-0.05, 0) is 68.1 Å². The van der Waals surface area contributed by atoms with E-state index in [-0.39, 0.29) is 28.1 Å². The van der Waals surface area contributed by atoms with Crippen LogP contribution in [0.1, 0.15) is 43.4 Å². The van der Waals surface area contributed by atoms with Crippen LogP contribution in [-0.2, 0) is 26.2 Å². The number of hydrogen-bond donors (Lipinski definition) is 1. The Morgan fingerprint density at radius 3 is 2.27 bits per heavy atom. The molecule has 0 bridgehead atoms. The zero-order chi connectivity index (χ0) is 30.2. The van der Waals surface area contributed by atoms with Crippen LogP contribution in [0.3, 0.4) is 0 Å². The molecule has 0 spiro atoms. The van der Waals surface area contributed by atoms with E-state index >= 15 is 0 Å². The van der Waals surface area contributed by atoms with E-state index in [9.17, 15) is 18.0 Å². The largest absolute Gasteiger partial charge is 0.495 e. The summed E-state index contributed by atoms with van der Waals surface area (Å²) in [5.74, 6) is -0.430. The molecule has 8 nitrogen and oxygen atoms in total. The third-order valence-corrected chi connectivity index (χ3v) is 8.93. The third-order valence-electron chi connectivity index (χ3n) is 6.85. The quantitative estimate of drug-likeness (QED) is 0.280. The predicted molar refractivity (Wildman–Crippen MR) is 163 cm³/mol. The van der Waals surface area contributed by atoms with Crippen molar-refractivity contribution in [2.24, 2.45) is 0 Å². The fraction of sp³-hybridized carbons (Fsp3) is 0.355. The zero-order valence-corrected chi connectivity index (χ0v) is 25.8. The molecule has 220 valence electrons. The van der Waals surface area contributed by atoms with E-state index < -0.39 is 28.5 Å². The van der Waals surface area contributed by atoms with Gasteiger partial charge in [-0.25, -0.2) is 8.42 Å². The Labute approximate surface area is 248 Å². The number of nitrogens with one attached hydrogen (secondary N) is 1. The minimum absolute atomic E-state index is 0.0287. The molecule has 0 radical (unpaired) electrons. The smallest absolute Gasteiger partial charge is 0.264 e. The van der Waals surface area contributed by atoms with E-state index in [0.717, 1.165) is 27.4 Å². The van der Waals surface area contributed by atoms with Crippen molar-refractivity contribution in [2.45, 2.75) is 58.0 Å². The second-order valence-corrected chi connectivity index (χ2v) is 12.1. The molecule has 3 aromatic carbocycles. The van der Waals surface area contributed by atoms with Crippen LogP contribution in [0.25, 0.3) is 0 Å². The first-order valence-electron chi connectivity index (χ1n) is 13.6. The molecule has 1 atom stereocenters. The maximum absolute atomic E-state index is 14.1. The first-order valence-corrected chi connectivity index (χ1v) is 15.4. The van der Waals surface area contributed by atoms with Gasteiger partial charge in [-0.2, -0.15) is 0 Å². The van der Waals surface area contributed by atoms with Gasteiger partial charge in [0.05, 0.1) is 22.7 Å². The summed E-state index contributed by atoms with van der Waals surface area (Å²) in [6.07, 6.45) is 1.10. The highest BCUT2D eigenvalue weighted by molar-refractivity contribution is 7.92. The maximum Gasteiger partial charge on any atom is 0.264 e. The van der Waals surface area contributed by atoms with Crippen molar-refractivity contribution in [3.05, 3.63) is 88.4 Å². The first-order chi connectivity index (χ1) is 19.5. The molecule has 1 N–H and O–H groups in total. The molecule has 3 rings (SSSR count). The molecule has 2 amide bonds. The second-order valence-electron chi connectivity index (χ2n) is 9.81. The Morgan fingerprint density at radius 2 is 1.68 bits per heavy atom. The Morgan fingerprint density at radius 1 is 1.00 bits per heavy atom. The highest BCUT2D eigenvalue weighted by atomic mass is 35.5. The summed E-state index contributed by atoms with van der Waals surface area (Å²) in [7, 11) is -2.74. The fourth-order valence-electron chi connectivity index (χ4n) is 4.43. The molecular formula is C31H38ClN3O5S. The molecule has 0 aromatic heterocycles. The van der Waals surface area contributed by atoms with Crippen LogP contribution in [-0.4, -0.2) is 51.4 Å². The van der Waals surface area contributed by atoms with Crippen LogP contribution >= 0.6 is 11.6 Å². The van der Waals surface area contributed by atoms with Gasteiger partial charge < -0.3 is 15.0 Å². The van der Waals surface area contributed by atoms with Gasteiger partial charge >= 0.3 is 0 Å². The summed E-state index contributed by atoms with van der Waals surface area (Å²) in [6, 6.07) is 17.8. The van der Waals surface area contributed by atoms with Gasteiger partial charge in [-0.1, -0.05) is 67.4 Å². The van der Waals surface area contributed by atoms with Gasteiger partial charge in [0.1, 0.15) is 18.3 Å². The van der Waals surface area contributed by atoms with Crippen molar-refractivity contribution in [1.29, 1.82) is 0 Å². The van der Waals surface area contributed by atoms with E-state index in [4.69, 9.17) is 16.3 Å². The minimum atomic E-state index is -4.20. The number of carbonyl (C=O) groups excluding carboxylic acids is 2. The highest BCUT2D eigenvalue weighted by Gasteiger charge is 2.34. The topological polar surface area (TPSA) is 96.0 Å². The normalized spacial score (nSPS) is 12.0. The maximum atomic E-state index is 14.1. The molecule has 0 aliphatic carbocycles. The summed E-state index contributed by atoms with van der Waals surface area (Å²) in [4.78, 5) is 28.8. The molecule has 0 heterocycles. The molecule has 0 saturated carbocycles. The Hall–Kier alpha value is -3.56. The Kier molecular flexibility index (Phi) is 11.2. The number of amides is 2. The van der Waals surface area contributed by atoms with Crippen LogP contribution in [0.15, 0.2) is 71.6 Å². The van der Waals surface area contributed by atoms with Gasteiger partial charge in [0.25, 0.3) is 10.0 Å². The number of hydrogen-bond acceptors (Lipinski definition) is 5. The lowest BCUT2D eigenvalue weighted by atomic mass is 10.1. The predicted octanol–water partition coefficient (Wildman–Crippen LogP) is 5.49. The molecule has 10 heteroatoms. The number of nitrogens with zero attached hydrogens (tertiary/aromatic N) is 2. The van der Waals surface area contributed by atoms with Crippen molar-refractivity contribution in [1.82, 2.24) is 10.2 Å². The van der Waals surface area contributed by atoms with Crippen molar-refractivity contribution in [3.8, 4) is 5.75 Å². The molecule has 0 fully saturated rings. The van der Waals surface area contributed by atoms with Crippen molar-refractivity contribution in [3.63, 3.8) is 0 Å². The average molecular weight is 600 g/mol. The number of benzene rings is 3. The molecule has 0 aliphatic rings. The zero-order valence-electron chi connectivity index (χ0n) is 24.2. The van der Waals surface area contributed by atoms with E-state index in [0.29, 0.717) is 18.7 Å². The average Bonchev–Trinajstić information content (AvgIpc) is 2.95. The minimum Gasteiger partial charge on any atom is -0.495 e. The summed E-state index contributed by atoms with van der Waals surface area (Å²) in [5.41, 5.74) is 2.92. The van der Waals surface area contributed by atoms with Gasteiger partial charge in [-0.3, -0.25) is 13.9 Å². The lowest BCUT2D eigenvalue weighted by Gasteiger charge is -2.33. The lowest BCUT2D eigenvalue weighted by Crippen LogP contribution is -2.52. The van der Waals surface area contributed by atoms with Gasteiger partial charge in [-0.15, -0.1) is 0 Å². The molecule has 0 saturated heterocycles. The van der Waals surface area contributed by atoms with Crippen molar-refractivity contribution >= 4 is 39.1 Å². The SMILES string of the molecule is CCCNC(=O)C(CC)N(Cc1ccccc1C)C(=O)CN(c1ccc(OC)c(Cl)c1)S(=O)(=O)c1ccc(C)cc1. The van der Waals surface area contributed by atoms with Crippen LogP contribution < -0.4 is 14.4 Å². The van der Waals surface area contributed by atoms with E-state index in [1.165, 1.54) is 30.2 Å². The number of ether oxygens (including phenoxy) is 1.